The number of aromatic hydroxyl groups is 1. The number of nitrogens with one attached hydrogen (secondary N) is 3. The van der Waals surface area contributed by atoms with E-state index in [1.807, 2.05) is 6.07 Å². The lowest BCUT2D eigenvalue weighted by Crippen LogP contribution is -2.01. The second-order valence-corrected chi connectivity index (χ2v) is 6.27. The van der Waals surface area contributed by atoms with Crippen LogP contribution in [0.3, 0.4) is 0 Å². The monoisotopic (exact) mass is 363 g/mol. The molecule has 0 amide bonds. The van der Waals surface area contributed by atoms with Gasteiger partial charge in [-0.3, -0.25) is 4.98 Å². The summed E-state index contributed by atoms with van der Waals surface area (Å²) in [6, 6.07) is 5.44. The fourth-order valence-corrected chi connectivity index (χ4v) is 2.58. The van der Waals surface area contributed by atoms with E-state index in [2.05, 4.69) is 44.6 Å². The standard InChI is InChI=1S/C19H21N7O/c1-11(2)12-6-17(26-23-9-12)24-16-5-4-15-18(25-16)19(27)14(10-22-15)13(7-20)8-21-3/h4-11,20-21H,1-3H3,(H,22,27)(H,24,25,26)/b13-8+,20-7?. The molecule has 0 saturated carbocycles. The maximum Gasteiger partial charge on any atom is 0.154 e. The van der Waals surface area contributed by atoms with Gasteiger partial charge in [0.1, 0.15) is 11.3 Å². The lowest BCUT2D eigenvalue weighted by Gasteiger charge is -2.10. The summed E-state index contributed by atoms with van der Waals surface area (Å²) in [6.07, 6.45) is 6.02. The van der Waals surface area contributed by atoms with Crippen molar-refractivity contribution in [3.05, 3.63) is 47.9 Å². The van der Waals surface area contributed by atoms with Gasteiger partial charge in [0.2, 0.25) is 0 Å². The summed E-state index contributed by atoms with van der Waals surface area (Å²) < 4.78 is 0. The Balaban J connectivity index is 2.01. The molecule has 0 bridgehead atoms. The number of anilines is 2. The second kappa shape index (κ2) is 7.77. The van der Waals surface area contributed by atoms with Crippen LogP contribution in [0.25, 0.3) is 16.6 Å². The molecule has 0 aliphatic rings. The van der Waals surface area contributed by atoms with Gasteiger partial charge >= 0.3 is 0 Å². The minimum Gasteiger partial charge on any atom is -0.505 e. The molecule has 0 radical (unpaired) electrons. The molecule has 8 heteroatoms. The average Bonchev–Trinajstić information content (AvgIpc) is 2.67. The van der Waals surface area contributed by atoms with Gasteiger partial charge in [-0.15, -0.1) is 5.10 Å². The second-order valence-electron chi connectivity index (χ2n) is 6.27. The van der Waals surface area contributed by atoms with Gasteiger partial charge in [0.25, 0.3) is 0 Å². The molecule has 3 aromatic heterocycles. The van der Waals surface area contributed by atoms with E-state index in [4.69, 9.17) is 5.41 Å². The molecule has 138 valence electrons. The van der Waals surface area contributed by atoms with Crippen LogP contribution in [0.1, 0.15) is 30.9 Å². The number of hydrogen-bond acceptors (Lipinski definition) is 8. The van der Waals surface area contributed by atoms with E-state index in [0.717, 1.165) is 11.8 Å². The largest absolute Gasteiger partial charge is 0.505 e. The Labute approximate surface area is 156 Å². The number of rotatable bonds is 6. The Kier molecular flexibility index (Phi) is 5.25. The van der Waals surface area contributed by atoms with Gasteiger partial charge < -0.3 is 21.1 Å². The Morgan fingerprint density at radius 1 is 1.22 bits per heavy atom. The van der Waals surface area contributed by atoms with Crippen LogP contribution < -0.4 is 10.6 Å². The van der Waals surface area contributed by atoms with E-state index >= 15 is 0 Å². The topological polar surface area (TPSA) is 120 Å². The third kappa shape index (κ3) is 3.84. The van der Waals surface area contributed by atoms with Crippen molar-refractivity contribution in [2.24, 2.45) is 0 Å². The van der Waals surface area contributed by atoms with Crippen LogP contribution in [0.15, 0.2) is 36.8 Å². The van der Waals surface area contributed by atoms with Crippen molar-refractivity contribution in [3.8, 4) is 5.75 Å². The van der Waals surface area contributed by atoms with Gasteiger partial charge in [0.15, 0.2) is 11.6 Å². The van der Waals surface area contributed by atoms with Crippen molar-refractivity contribution in [2.75, 3.05) is 12.4 Å². The zero-order valence-electron chi connectivity index (χ0n) is 15.4. The van der Waals surface area contributed by atoms with Gasteiger partial charge in [0.05, 0.1) is 11.7 Å². The molecular formula is C19H21N7O. The smallest absolute Gasteiger partial charge is 0.154 e. The number of hydrogen-bond donors (Lipinski definition) is 4. The summed E-state index contributed by atoms with van der Waals surface area (Å²) in [4.78, 5) is 8.80. The van der Waals surface area contributed by atoms with Crippen LogP contribution in [0.4, 0.5) is 11.6 Å². The van der Waals surface area contributed by atoms with Gasteiger partial charge in [-0.25, -0.2) is 4.98 Å². The van der Waals surface area contributed by atoms with Crippen LogP contribution >= 0.6 is 0 Å². The highest BCUT2D eigenvalue weighted by atomic mass is 16.3. The molecule has 27 heavy (non-hydrogen) atoms. The molecule has 3 heterocycles. The van der Waals surface area contributed by atoms with E-state index in [-0.39, 0.29) is 5.75 Å². The first-order valence-corrected chi connectivity index (χ1v) is 8.50. The number of allylic oxidation sites excluding steroid dienone is 1. The number of pyridine rings is 2. The Hall–Kier alpha value is -3.55. The highest BCUT2D eigenvalue weighted by Gasteiger charge is 2.13. The quantitative estimate of drug-likeness (QED) is 0.496. The van der Waals surface area contributed by atoms with Gasteiger partial charge in [-0.1, -0.05) is 13.8 Å². The molecule has 0 saturated heterocycles. The molecule has 0 aromatic carbocycles. The Bertz CT molecular complexity index is 1010. The van der Waals surface area contributed by atoms with Gasteiger partial charge in [-0.2, -0.15) is 5.10 Å². The van der Waals surface area contributed by atoms with Crippen LogP contribution in [-0.2, 0) is 0 Å². The van der Waals surface area contributed by atoms with Gasteiger partial charge in [0, 0.05) is 36.8 Å². The molecule has 4 N–H and O–H groups in total. The van der Waals surface area contributed by atoms with E-state index in [1.54, 1.807) is 31.6 Å². The summed E-state index contributed by atoms with van der Waals surface area (Å²) in [6.45, 7) is 4.17. The third-order valence-corrected chi connectivity index (χ3v) is 4.05. The fraction of sp³-hybridized carbons (Fsp3) is 0.211. The number of nitrogens with zero attached hydrogens (tertiary/aromatic N) is 4. The minimum absolute atomic E-state index is 0.0318. The van der Waals surface area contributed by atoms with E-state index in [0.29, 0.717) is 39.7 Å². The van der Waals surface area contributed by atoms with Crippen molar-refractivity contribution < 1.29 is 5.11 Å². The molecule has 0 atom stereocenters. The SMILES string of the molecule is CN/C=C(\C=N)c1cnc2ccc(Nc3cc(C(C)C)cnn3)nc2c1O. The fourth-order valence-electron chi connectivity index (χ4n) is 2.58. The predicted molar refractivity (Wildman–Crippen MR) is 106 cm³/mol. The lowest BCUT2D eigenvalue weighted by molar-refractivity contribution is 0.478. The molecule has 3 aromatic rings. The zero-order chi connectivity index (χ0) is 19.4. The van der Waals surface area contributed by atoms with E-state index in [1.165, 1.54) is 6.20 Å². The maximum absolute atomic E-state index is 10.7. The van der Waals surface area contributed by atoms with Crippen LogP contribution in [0.2, 0.25) is 0 Å². The molecule has 0 spiro atoms. The van der Waals surface area contributed by atoms with Crippen molar-refractivity contribution in [3.63, 3.8) is 0 Å². The molecule has 0 fully saturated rings. The highest BCUT2D eigenvalue weighted by Crippen LogP contribution is 2.31. The van der Waals surface area contributed by atoms with Crippen molar-refractivity contribution >= 4 is 34.5 Å². The highest BCUT2D eigenvalue weighted by molar-refractivity contribution is 6.10. The molecule has 0 unspecified atom stereocenters. The third-order valence-electron chi connectivity index (χ3n) is 4.05. The van der Waals surface area contributed by atoms with Crippen LogP contribution in [0.5, 0.6) is 5.75 Å². The van der Waals surface area contributed by atoms with Crippen LogP contribution in [0, 0.1) is 5.41 Å². The van der Waals surface area contributed by atoms with Gasteiger partial charge in [-0.05, 0) is 29.7 Å². The first-order valence-electron chi connectivity index (χ1n) is 8.50. The normalized spacial score (nSPS) is 11.6. The Morgan fingerprint density at radius 3 is 2.74 bits per heavy atom. The van der Waals surface area contributed by atoms with E-state index < -0.39 is 0 Å². The van der Waals surface area contributed by atoms with Crippen molar-refractivity contribution in [1.82, 2.24) is 25.5 Å². The average molecular weight is 363 g/mol. The Morgan fingerprint density at radius 2 is 2.04 bits per heavy atom. The number of fused-ring (bicyclic) bond motifs is 1. The summed E-state index contributed by atoms with van der Waals surface area (Å²) in [5, 5.41) is 32.2. The lowest BCUT2D eigenvalue weighted by atomic mass is 10.1. The first-order chi connectivity index (χ1) is 13.0. The molecule has 0 aliphatic carbocycles. The van der Waals surface area contributed by atoms with Crippen LogP contribution in [-0.4, -0.2) is 38.5 Å². The predicted octanol–water partition coefficient (Wildman–Crippen LogP) is 3.20. The van der Waals surface area contributed by atoms with E-state index in [9.17, 15) is 5.11 Å². The summed E-state index contributed by atoms with van der Waals surface area (Å²) in [5.41, 5.74) is 2.89. The number of aromatic nitrogens is 4. The molecule has 0 aliphatic heterocycles. The molecule has 8 nitrogen and oxygen atoms in total. The maximum atomic E-state index is 10.7. The van der Waals surface area contributed by atoms with Crippen molar-refractivity contribution in [2.45, 2.75) is 19.8 Å². The molecule has 3 rings (SSSR count). The summed E-state index contributed by atoms with van der Waals surface area (Å²) >= 11 is 0. The summed E-state index contributed by atoms with van der Waals surface area (Å²) in [5.74, 6) is 1.39. The minimum atomic E-state index is -0.0318. The molecular weight excluding hydrogens is 342 g/mol. The summed E-state index contributed by atoms with van der Waals surface area (Å²) in [7, 11) is 1.72. The first kappa shape index (κ1) is 18.2. The zero-order valence-corrected chi connectivity index (χ0v) is 15.4. The van der Waals surface area contributed by atoms with Crippen molar-refractivity contribution in [1.29, 1.82) is 5.41 Å².